The van der Waals surface area contributed by atoms with E-state index in [1.807, 2.05) is 13.8 Å². The molecule has 2 rings (SSSR count). The van der Waals surface area contributed by atoms with Gasteiger partial charge < -0.3 is 14.5 Å². The molecular formula is C12H18N2O3. The number of carbonyl (C=O) groups excluding carboxylic acids is 1. The monoisotopic (exact) mass is 238 g/mol. The van der Waals surface area contributed by atoms with Gasteiger partial charge >= 0.3 is 0 Å². The molecule has 0 saturated carbocycles. The highest BCUT2D eigenvalue weighted by molar-refractivity contribution is 5.92. The number of ether oxygens (including phenoxy) is 1. The zero-order chi connectivity index (χ0) is 12.3. The van der Waals surface area contributed by atoms with Gasteiger partial charge in [0.15, 0.2) is 6.39 Å². The second kappa shape index (κ2) is 5.31. The third-order valence-electron chi connectivity index (χ3n) is 2.86. The van der Waals surface area contributed by atoms with Crippen LogP contribution in [0.5, 0.6) is 0 Å². The van der Waals surface area contributed by atoms with E-state index in [2.05, 4.69) is 10.3 Å². The molecule has 2 heterocycles. The number of hydrogen-bond donors (Lipinski definition) is 1. The van der Waals surface area contributed by atoms with Crippen molar-refractivity contribution >= 4 is 5.91 Å². The van der Waals surface area contributed by atoms with Gasteiger partial charge in [0, 0.05) is 13.2 Å². The van der Waals surface area contributed by atoms with Gasteiger partial charge in [0.25, 0.3) is 5.91 Å². The molecular weight excluding hydrogens is 220 g/mol. The van der Waals surface area contributed by atoms with Gasteiger partial charge in [-0.1, -0.05) is 13.8 Å². The zero-order valence-corrected chi connectivity index (χ0v) is 10.2. The van der Waals surface area contributed by atoms with Crippen molar-refractivity contribution in [1.29, 1.82) is 0 Å². The van der Waals surface area contributed by atoms with Crippen LogP contribution >= 0.6 is 0 Å². The van der Waals surface area contributed by atoms with Crippen LogP contribution in [0.4, 0.5) is 0 Å². The van der Waals surface area contributed by atoms with Crippen LogP contribution < -0.4 is 5.32 Å². The Morgan fingerprint density at radius 2 is 2.47 bits per heavy atom. The van der Waals surface area contributed by atoms with Gasteiger partial charge in [0.2, 0.25) is 5.76 Å². The van der Waals surface area contributed by atoms with E-state index < -0.39 is 0 Å². The Hall–Kier alpha value is -1.36. The van der Waals surface area contributed by atoms with Crippen LogP contribution in [0, 0.1) is 0 Å². The fourth-order valence-electron chi connectivity index (χ4n) is 1.93. The Morgan fingerprint density at radius 3 is 3.12 bits per heavy atom. The third-order valence-corrected chi connectivity index (χ3v) is 2.86. The maximum absolute atomic E-state index is 11.9. The minimum absolute atomic E-state index is 0.143. The Morgan fingerprint density at radius 1 is 1.65 bits per heavy atom. The summed E-state index contributed by atoms with van der Waals surface area (Å²) in [6.07, 6.45) is 3.54. The average molecular weight is 238 g/mol. The lowest BCUT2D eigenvalue weighted by molar-refractivity contribution is 0.0833. The smallest absolute Gasteiger partial charge is 0.289 e. The zero-order valence-electron chi connectivity index (χ0n) is 10.2. The van der Waals surface area contributed by atoms with Gasteiger partial charge in [0.1, 0.15) is 0 Å². The number of hydrogen-bond acceptors (Lipinski definition) is 4. The number of amides is 1. The van der Waals surface area contributed by atoms with Crippen molar-refractivity contribution in [1.82, 2.24) is 10.3 Å². The molecule has 94 valence electrons. The maximum Gasteiger partial charge on any atom is 0.289 e. The van der Waals surface area contributed by atoms with E-state index in [9.17, 15) is 4.79 Å². The molecule has 17 heavy (non-hydrogen) atoms. The van der Waals surface area contributed by atoms with E-state index in [0.29, 0.717) is 18.0 Å². The number of carbonyl (C=O) groups is 1. The lowest BCUT2D eigenvalue weighted by Crippen LogP contribution is -2.32. The SMILES string of the molecule is CC(C)c1ncoc1C(=O)NCC1CCCO1. The largest absolute Gasteiger partial charge is 0.438 e. The first-order valence-corrected chi connectivity index (χ1v) is 6.01. The first-order chi connectivity index (χ1) is 8.18. The van der Waals surface area contributed by atoms with Crippen molar-refractivity contribution in [2.24, 2.45) is 0 Å². The molecule has 0 bridgehead atoms. The highest BCUT2D eigenvalue weighted by atomic mass is 16.5. The summed E-state index contributed by atoms with van der Waals surface area (Å²) in [6.45, 7) is 5.29. The molecule has 0 aromatic carbocycles. The molecule has 1 N–H and O–H groups in total. The van der Waals surface area contributed by atoms with Crippen LogP contribution in [0.3, 0.4) is 0 Å². The van der Waals surface area contributed by atoms with Gasteiger partial charge in [-0.2, -0.15) is 0 Å². The van der Waals surface area contributed by atoms with E-state index >= 15 is 0 Å². The third kappa shape index (κ3) is 2.85. The topological polar surface area (TPSA) is 64.4 Å². The van der Waals surface area contributed by atoms with Gasteiger partial charge in [0.05, 0.1) is 11.8 Å². The Balaban J connectivity index is 1.92. The van der Waals surface area contributed by atoms with Crippen LogP contribution in [0.1, 0.15) is 48.9 Å². The lowest BCUT2D eigenvalue weighted by atomic mass is 10.1. The highest BCUT2D eigenvalue weighted by Crippen LogP contribution is 2.17. The molecule has 1 aliphatic heterocycles. The summed E-state index contributed by atoms with van der Waals surface area (Å²) in [6, 6.07) is 0. The van der Waals surface area contributed by atoms with Gasteiger partial charge in [-0.3, -0.25) is 4.79 Å². The molecule has 1 aromatic rings. The summed E-state index contributed by atoms with van der Waals surface area (Å²) in [5.74, 6) is 0.289. The normalized spacial score (nSPS) is 19.8. The van der Waals surface area contributed by atoms with E-state index in [0.717, 1.165) is 19.4 Å². The number of oxazole rings is 1. The van der Waals surface area contributed by atoms with Crippen LogP contribution in [-0.2, 0) is 4.74 Å². The van der Waals surface area contributed by atoms with Crippen molar-refractivity contribution in [2.75, 3.05) is 13.2 Å². The molecule has 5 nitrogen and oxygen atoms in total. The highest BCUT2D eigenvalue weighted by Gasteiger charge is 2.21. The van der Waals surface area contributed by atoms with Crippen molar-refractivity contribution in [3.8, 4) is 0 Å². The summed E-state index contributed by atoms with van der Waals surface area (Å²) in [4.78, 5) is 15.9. The molecule has 5 heteroatoms. The van der Waals surface area contributed by atoms with Crippen LogP contribution in [-0.4, -0.2) is 30.1 Å². The molecule has 1 atom stereocenters. The Kier molecular flexibility index (Phi) is 3.78. The van der Waals surface area contributed by atoms with Gasteiger partial charge in [-0.05, 0) is 18.8 Å². The first kappa shape index (κ1) is 12.1. The summed E-state index contributed by atoms with van der Waals surface area (Å²) in [5, 5.41) is 2.82. The fourth-order valence-corrected chi connectivity index (χ4v) is 1.93. The summed E-state index contributed by atoms with van der Waals surface area (Å²) >= 11 is 0. The fraction of sp³-hybridized carbons (Fsp3) is 0.667. The Bertz CT molecular complexity index is 381. The van der Waals surface area contributed by atoms with Crippen molar-refractivity contribution in [3.05, 3.63) is 17.8 Å². The van der Waals surface area contributed by atoms with Crippen molar-refractivity contribution < 1.29 is 13.9 Å². The quantitative estimate of drug-likeness (QED) is 0.867. The second-order valence-electron chi connectivity index (χ2n) is 4.57. The number of nitrogens with one attached hydrogen (secondary N) is 1. The van der Waals surface area contributed by atoms with Gasteiger partial charge in [-0.15, -0.1) is 0 Å². The molecule has 1 aromatic heterocycles. The molecule has 1 aliphatic rings. The lowest BCUT2D eigenvalue weighted by Gasteiger charge is -2.10. The molecule has 0 radical (unpaired) electrons. The standard InChI is InChI=1S/C12H18N2O3/c1-8(2)10-11(17-7-14-10)12(15)13-6-9-4-3-5-16-9/h7-9H,3-6H2,1-2H3,(H,13,15). The summed E-state index contributed by atoms with van der Waals surface area (Å²) < 4.78 is 10.6. The minimum atomic E-state index is -0.207. The maximum atomic E-state index is 11.9. The predicted octanol–water partition coefficient (Wildman–Crippen LogP) is 1.71. The molecule has 1 fully saturated rings. The first-order valence-electron chi connectivity index (χ1n) is 6.01. The Labute approximate surface area is 101 Å². The van der Waals surface area contributed by atoms with E-state index in [1.54, 1.807) is 0 Å². The van der Waals surface area contributed by atoms with Crippen LogP contribution in [0.15, 0.2) is 10.8 Å². The van der Waals surface area contributed by atoms with Crippen molar-refractivity contribution in [3.63, 3.8) is 0 Å². The van der Waals surface area contributed by atoms with Crippen LogP contribution in [0.2, 0.25) is 0 Å². The molecule has 0 aliphatic carbocycles. The molecule has 1 saturated heterocycles. The minimum Gasteiger partial charge on any atom is -0.438 e. The van der Waals surface area contributed by atoms with E-state index in [-0.39, 0.29) is 17.9 Å². The number of aromatic nitrogens is 1. The molecule has 1 unspecified atom stereocenters. The van der Waals surface area contributed by atoms with Crippen LogP contribution in [0.25, 0.3) is 0 Å². The molecule has 1 amide bonds. The number of rotatable bonds is 4. The summed E-state index contributed by atoms with van der Waals surface area (Å²) in [7, 11) is 0. The second-order valence-corrected chi connectivity index (χ2v) is 4.57. The predicted molar refractivity (Wildman–Crippen MR) is 61.9 cm³/mol. The number of nitrogens with zero attached hydrogens (tertiary/aromatic N) is 1. The average Bonchev–Trinajstić information content (AvgIpc) is 2.96. The van der Waals surface area contributed by atoms with E-state index in [1.165, 1.54) is 6.39 Å². The van der Waals surface area contributed by atoms with Crippen molar-refractivity contribution in [2.45, 2.75) is 38.7 Å². The molecule has 0 spiro atoms. The van der Waals surface area contributed by atoms with Gasteiger partial charge in [-0.25, -0.2) is 4.98 Å². The summed E-state index contributed by atoms with van der Waals surface area (Å²) in [5.41, 5.74) is 0.704. The van der Waals surface area contributed by atoms with E-state index in [4.69, 9.17) is 9.15 Å².